The number of ether oxygens (including phenoxy) is 2. The minimum absolute atomic E-state index is 0.00615. The number of pyridine rings is 1. The maximum atomic E-state index is 6.08. The predicted octanol–water partition coefficient (Wildman–Crippen LogP) is 2.30. The molecule has 1 unspecified atom stereocenters. The topological polar surface area (TPSA) is 57.4 Å². The lowest BCUT2D eigenvalue weighted by Gasteiger charge is -2.14. The van der Waals surface area contributed by atoms with Gasteiger partial charge in [0.15, 0.2) is 0 Å². The molecule has 0 fully saturated rings. The van der Waals surface area contributed by atoms with Crippen LogP contribution in [0.5, 0.6) is 5.75 Å². The molecule has 96 valence electrons. The molecule has 0 spiro atoms. The van der Waals surface area contributed by atoms with Gasteiger partial charge in [0, 0.05) is 26.0 Å². The molecule has 1 heterocycles. The van der Waals surface area contributed by atoms with E-state index in [1.807, 2.05) is 19.9 Å². The van der Waals surface area contributed by atoms with Crippen LogP contribution >= 0.6 is 0 Å². The van der Waals surface area contributed by atoms with Crippen molar-refractivity contribution in [2.24, 2.45) is 5.73 Å². The first-order chi connectivity index (χ1) is 8.13. The summed E-state index contributed by atoms with van der Waals surface area (Å²) < 4.78 is 10.6. The molecule has 1 aromatic rings. The Labute approximate surface area is 103 Å². The molecule has 1 atom stereocenters. The SMILES string of the molecule is COCCCC(N)c1cncc(OC(C)C)c1. The van der Waals surface area contributed by atoms with Crippen LogP contribution in [-0.2, 0) is 4.74 Å². The van der Waals surface area contributed by atoms with Crippen molar-refractivity contribution in [3.05, 3.63) is 24.0 Å². The molecule has 0 saturated heterocycles. The van der Waals surface area contributed by atoms with E-state index in [-0.39, 0.29) is 12.1 Å². The van der Waals surface area contributed by atoms with Crippen molar-refractivity contribution in [3.8, 4) is 5.75 Å². The molecule has 0 aliphatic heterocycles. The fourth-order valence-electron chi connectivity index (χ4n) is 1.59. The van der Waals surface area contributed by atoms with Crippen molar-refractivity contribution in [2.45, 2.75) is 38.8 Å². The van der Waals surface area contributed by atoms with Gasteiger partial charge >= 0.3 is 0 Å². The van der Waals surface area contributed by atoms with Crippen molar-refractivity contribution >= 4 is 0 Å². The number of nitrogens with zero attached hydrogens (tertiary/aromatic N) is 1. The van der Waals surface area contributed by atoms with Crippen molar-refractivity contribution in [1.82, 2.24) is 4.98 Å². The summed E-state index contributed by atoms with van der Waals surface area (Å²) in [5.74, 6) is 0.777. The molecule has 4 nitrogen and oxygen atoms in total. The van der Waals surface area contributed by atoms with Gasteiger partial charge in [-0.2, -0.15) is 0 Å². The maximum absolute atomic E-state index is 6.08. The lowest BCUT2D eigenvalue weighted by Crippen LogP contribution is -2.12. The first-order valence-corrected chi connectivity index (χ1v) is 5.99. The first kappa shape index (κ1) is 13.9. The Hall–Kier alpha value is -1.13. The first-order valence-electron chi connectivity index (χ1n) is 5.99. The third-order valence-corrected chi connectivity index (χ3v) is 2.40. The summed E-state index contributed by atoms with van der Waals surface area (Å²) in [6, 6.07) is 1.96. The Morgan fingerprint density at radius 1 is 1.35 bits per heavy atom. The minimum atomic E-state index is -0.00615. The molecular formula is C13H22N2O2. The lowest BCUT2D eigenvalue weighted by atomic mass is 10.1. The van der Waals surface area contributed by atoms with Gasteiger partial charge < -0.3 is 15.2 Å². The van der Waals surface area contributed by atoms with Crippen LogP contribution in [0.25, 0.3) is 0 Å². The summed E-state index contributed by atoms with van der Waals surface area (Å²) in [6.45, 7) is 4.72. The summed E-state index contributed by atoms with van der Waals surface area (Å²) in [7, 11) is 1.70. The summed E-state index contributed by atoms with van der Waals surface area (Å²) in [6.07, 6.45) is 5.50. The average Bonchev–Trinajstić information content (AvgIpc) is 2.28. The summed E-state index contributed by atoms with van der Waals surface area (Å²) in [5, 5.41) is 0. The van der Waals surface area contributed by atoms with E-state index in [1.54, 1.807) is 19.5 Å². The van der Waals surface area contributed by atoms with Crippen molar-refractivity contribution in [2.75, 3.05) is 13.7 Å². The number of rotatable bonds is 7. The summed E-state index contributed by atoms with van der Waals surface area (Å²) in [4.78, 5) is 4.15. The quantitative estimate of drug-likeness (QED) is 0.740. The van der Waals surface area contributed by atoms with Crippen molar-refractivity contribution in [3.63, 3.8) is 0 Å². The molecule has 17 heavy (non-hydrogen) atoms. The predicted molar refractivity (Wildman–Crippen MR) is 68.0 cm³/mol. The second-order valence-corrected chi connectivity index (χ2v) is 4.36. The molecule has 0 saturated carbocycles. The highest BCUT2D eigenvalue weighted by Crippen LogP contribution is 2.20. The molecule has 0 radical (unpaired) electrons. The molecule has 1 aromatic heterocycles. The highest BCUT2D eigenvalue weighted by atomic mass is 16.5. The van der Waals surface area contributed by atoms with Crippen molar-refractivity contribution < 1.29 is 9.47 Å². The molecule has 0 aliphatic carbocycles. The second-order valence-electron chi connectivity index (χ2n) is 4.36. The van der Waals surface area contributed by atoms with Gasteiger partial charge in [-0.3, -0.25) is 4.98 Å². The van der Waals surface area contributed by atoms with Crippen LogP contribution in [0.15, 0.2) is 18.5 Å². The van der Waals surface area contributed by atoms with E-state index in [0.29, 0.717) is 0 Å². The standard InChI is InChI=1S/C13H22N2O2/c1-10(2)17-12-7-11(8-15-9-12)13(14)5-4-6-16-3/h7-10,13H,4-6,14H2,1-3H3. The van der Waals surface area contributed by atoms with Crippen LogP contribution in [0.4, 0.5) is 0 Å². The third kappa shape index (κ3) is 5.15. The molecule has 2 N–H and O–H groups in total. The summed E-state index contributed by atoms with van der Waals surface area (Å²) >= 11 is 0. The van der Waals surface area contributed by atoms with E-state index in [2.05, 4.69) is 4.98 Å². The van der Waals surface area contributed by atoms with Gasteiger partial charge in [-0.15, -0.1) is 0 Å². The van der Waals surface area contributed by atoms with Gasteiger partial charge in [-0.1, -0.05) is 0 Å². The minimum Gasteiger partial charge on any atom is -0.489 e. The number of methoxy groups -OCH3 is 1. The highest BCUT2D eigenvalue weighted by molar-refractivity contribution is 5.25. The smallest absolute Gasteiger partial charge is 0.138 e. The summed E-state index contributed by atoms with van der Waals surface area (Å²) in [5.41, 5.74) is 7.10. The molecule has 4 heteroatoms. The van der Waals surface area contributed by atoms with Gasteiger partial charge in [0.05, 0.1) is 12.3 Å². The maximum Gasteiger partial charge on any atom is 0.138 e. The van der Waals surface area contributed by atoms with Crippen LogP contribution in [0, 0.1) is 0 Å². The Balaban J connectivity index is 2.57. The molecule has 0 aromatic carbocycles. The van der Waals surface area contributed by atoms with Crippen LogP contribution in [0.2, 0.25) is 0 Å². The normalized spacial score (nSPS) is 12.8. The zero-order valence-corrected chi connectivity index (χ0v) is 10.8. The van der Waals surface area contributed by atoms with Gasteiger partial charge in [-0.25, -0.2) is 0 Å². The fraction of sp³-hybridized carbons (Fsp3) is 0.615. The van der Waals surface area contributed by atoms with Crippen LogP contribution < -0.4 is 10.5 Å². The highest BCUT2D eigenvalue weighted by Gasteiger charge is 2.08. The lowest BCUT2D eigenvalue weighted by molar-refractivity contribution is 0.190. The van der Waals surface area contributed by atoms with E-state index < -0.39 is 0 Å². The molecule has 0 bridgehead atoms. The third-order valence-electron chi connectivity index (χ3n) is 2.40. The Morgan fingerprint density at radius 2 is 2.12 bits per heavy atom. The fourth-order valence-corrected chi connectivity index (χ4v) is 1.59. The van der Waals surface area contributed by atoms with Gasteiger partial charge in [0.25, 0.3) is 0 Å². The number of hydrogen-bond donors (Lipinski definition) is 1. The van der Waals surface area contributed by atoms with Crippen LogP contribution in [0.3, 0.4) is 0 Å². The largest absolute Gasteiger partial charge is 0.489 e. The Bertz CT molecular complexity index is 329. The second kappa shape index (κ2) is 7.25. The van der Waals surface area contributed by atoms with E-state index >= 15 is 0 Å². The number of hydrogen-bond acceptors (Lipinski definition) is 4. The van der Waals surface area contributed by atoms with Gasteiger partial charge in [-0.05, 0) is 38.3 Å². The molecule has 0 aliphatic rings. The van der Waals surface area contributed by atoms with Gasteiger partial charge in [0.1, 0.15) is 5.75 Å². The Morgan fingerprint density at radius 3 is 2.76 bits per heavy atom. The van der Waals surface area contributed by atoms with Crippen LogP contribution in [0.1, 0.15) is 38.3 Å². The van der Waals surface area contributed by atoms with Crippen molar-refractivity contribution in [1.29, 1.82) is 0 Å². The molecular weight excluding hydrogens is 216 g/mol. The van der Waals surface area contributed by atoms with E-state index in [0.717, 1.165) is 30.8 Å². The van der Waals surface area contributed by atoms with Gasteiger partial charge in [0.2, 0.25) is 0 Å². The Kier molecular flexibility index (Phi) is 5.94. The average molecular weight is 238 g/mol. The van der Waals surface area contributed by atoms with E-state index in [4.69, 9.17) is 15.2 Å². The van der Waals surface area contributed by atoms with E-state index in [9.17, 15) is 0 Å². The number of aromatic nitrogens is 1. The van der Waals surface area contributed by atoms with Crippen LogP contribution in [-0.4, -0.2) is 24.8 Å². The number of nitrogens with two attached hydrogens (primary N) is 1. The zero-order chi connectivity index (χ0) is 12.7. The zero-order valence-electron chi connectivity index (χ0n) is 10.8. The van der Waals surface area contributed by atoms with E-state index in [1.165, 1.54) is 0 Å². The molecule has 1 rings (SSSR count). The molecule has 0 amide bonds. The monoisotopic (exact) mass is 238 g/mol.